The first-order valence-corrected chi connectivity index (χ1v) is 10.7. The van der Waals surface area contributed by atoms with Crippen molar-refractivity contribution in [3.8, 4) is 0 Å². The van der Waals surface area contributed by atoms with Crippen molar-refractivity contribution in [2.45, 2.75) is 70.6 Å². The van der Waals surface area contributed by atoms with Crippen LogP contribution in [0.4, 0.5) is 13.2 Å². The van der Waals surface area contributed by atoms with Crippen LogP contribution < -0.4 is 10.6 Å². The standard InChI is InChI=1S/C19H32F3N7.HI/c1-2-23-18(25-15-9-12-28(13-15)14-19(20,21)22)24-10-6-8-17-27-26-16-7-4-3-5-11-29(16)17;/h15H,2-14H2,1H3,(H2,23,24,25);1H. The number of halogens is 4. The third-order valence-corrected chi connectivity index (χ3v) is 5.37. The molecule has 0 aromatic carbocycles. The number of nitrogens with one attached hydrogen (secondary N) is 2. The Morgan fingerprint density at radius 3 is 2.80 bits per heavy atom. The van der Waals surface area contributed by atoms with E-state index in [0.717, 1.165) is 37.5 Å². The maximum absolute atomic E-state index is 12.6. The summed E-state index contributed by atoms with van der Waals surface area (Å²) in [4.78, 5) is 6.05. The van der Waals surface area contributed by atoms with E-state index in [1.807, 2.05) is 6.92 Å². The number of aliphatic imine (C=N–C) groups is 1. The Morgan fingerprint density at radius 2 is 2.03 bits per heavy atom. The molecule has 30 heavy (non-hydrogen) atoms. The number of aromatic nitrogens is 3. The SMILES string of the molecule is CCNC(=NCCCc1nnc2n1CCCCC2)NC1CCN(CC(F)(F)F)C1.I. The van der Waals surface area contributed by atoms with Gasteiger partial charge in [-0.1, -0.05) is 6.42 Å². The largest absolute Gasteiger partial charge is 0.401 e. The molecule has 0 radical (unpaired) electrons. The van der Waals surface area contributed by atoms with Crippen molar-refractivity contribution in [1.82, 2.24) is 30.3 Å². The summed E-state index contributed by atoms with van der Waals surface area (Å²) in [6.07, 6.45) is 2.84. The second-order valence-electron chi connectivity index (χ2n) is 7.84. The van der Waals surface area contributed by atoms with Crippen LogP contribution in [-0.4, -0.2) is 70.6 Å². The summed E-state index contributed by atoms with van der Waals surface area (Å²) in [5.74, 6) is 2.81. The van der Waals surface area contributed by atoms with Crippen molar-refractivity contribution in [3.05, 3.63) is 11.6 Å². The van der Waals surface area contributed by atoms with Crippen molar-refractivity contribution in [1.29, 1.82) is 0 Å². The minimum Gasteiger partial charge on any atom is -0.357 e. The lowest BCUT2D eigenvalue weighted by atomic mass is 10.2. The predicted molar refractivity (Wildman–Crippen MR) is 121 cm³/mol. The summed E-state index contributed by atoms with van der Waals surface area (Å²) in [7, 11) is 0. The third-order valence-electron chi connectivity index (χ3n) is 5.37. The van der Waals surface area contributed by atoms with Gasteiger partial charge in [-0.05, 0) is 32.6 Å². The van der Waals surface area contributed by atoms with E-state index in [1.54, 1.807) is 0 Å². The van der Waals surface area contributed by atoms with Gasteiger partial charge >= 0.3 is 6.18 Å². The molecule has 1 saturated heterocycles. The number of alkyl halides is 3. The van der Waals surface area contributed by atoms with Crippen LogP contribution in [0.5, 0.6) is 0 Å². The van der Waals surface area contributed by atoms with Crippen LogP contribution in [0.1, 0.15) is 50.7 Å². The van der Waals surface area contributed by atoms with Crippen molar-refractivity contribution in [3.63, 3.8) is 0 Å². The Labute approximate surface area is 193 Å². The van der Waals surface area contributed by atoms with Gasteiger partial charge in [-0.15, -0.1) is 34.2 Å². The van der Waals surface area contributed by atoms with E-state index in [1.165, 1.54) is 24.2 Å². The van der Waals surface area contributed by atoms with Gasteiger partial charge in [0.05, 0.1) is 6.54 Å². The van der Waals surface area contributed by atoms with Crippen LogP contribution >= 0.6 is 24.0 Å². The zero-order valence-electron chi connectivity index (χ0n) is 17.5. The highest BCUT2D eigenvalue weighted by molar-refractivity contribution is 14.0. The first-order valence-electron chi connectivity index (χ1n) is 10.7. The van der Waals surface area contributed by atoms with Crippen LogP contribution in [0.25, 0.3) is 0 Å². The van der Waals surface area contributed by atoms with Gasteiger partial charge in [-0.25, -0.2) is 0 Å². The molecule has 1 unspecified atom stereocenters. The van der Waals surface area contributed by atoms with Crippen LogP contribution in [0.15, 0.2) is 4.99 Å². The van der Waals surface area contributed by atoms with Gasteiger partial charge in [0.1, 0.15) is 11.6 Å². The summed E-state index contributed by atoms with van der Waals surface area (Å²) < 4.78 is 39.9. The predicted octanol–water partition coefficient (Wildman–Crippen LogP) is 2.75. The number of fused-ring (bicyclic) bond motifs is 1. The smallest absolute Gasteiger partial charge is 0.357 e. The molecular weight excluding hydrogens is 510 g/mol. The Kier molecular flexibility index (Phi) is 10.1. The monoisotopic (exact) mass is 543 g/mol. The third kappa shape index (κ3) is 7.86. The topological polar surface area (TPSA) is 70.4 Å². The zero-order chi connectivity index (χ0) is 20.7. The quantitative estimate of drug-likeness (QED) is 0.240. The maximum Gasteiger partial charge on any atom is 0.401 e. The second-order valence-corrected chi connectivity index (χ2v) is 7.84. The lowest BCUT2D eigenvalue weighted by Crippen LogP contribution is -2.45. The molecule has 2 aliphatic rings. The summed E-state index contributed by atoms with van der Waals surface area (Å²) in [5.41, 5.74) is 0. The lowest BCUT2D eigenvalue weighted by Gasteiger charge is -2.19. The van der Waals surface area contributed by atoms with E-state index in [-0.39, 0.29) is 30.0 Å². The molecule has 0 aliphatic carbocycles. The first-order chi connectivity index (χ1) is 13.9. The van der Waals surface area contributed by atoms with Crippen molar-refractivity contribution in [2.75, 3.05) is 32.7 Å². The highest BCUT2D eigenvalue weighted by Gasteiger charge is 2.34. The summed E-state index contributed by atoms with van der Waals surface area (Å²) in [5, 5.41) is 15.1. The van der Waals surface area contributed by atoms with Gasteiger partial charge in [0.15, 0.2) is 5.96 Å². The zero-order valence-corrected chi connectivity index (χ0v) is 19.9. The Bertz CT molecular complexity index is 678. The molecule has 172 valence electrons. The Hall–Kier alpha value is -1.11. The fourth-order valence-corrected chi connectivity index (χ4v) is 4.02. The summed E-state index contributed by atoms with van der Waals surface area (Å²) in [6.45, 7) is 4.32. The molecule has 0 spiro atoms. The number of likely N-dealkylation sites (tertiary alicyclic amines) is 1. The van der Waals surface area contributed by atoms with Crippen molar-refractivity contribution < 1.29 is 13.2 Å². The minimum atomic E-state index is -4.15. The van der Waals surface area contributed by atoms with Gasteiger partial charge in [-0.2, -0.15) is 13.2 Å². The van der Waals surface area contributed by atoms with E-state index < -0.39 is 12.7 Å². The van der Waals surface area contributed by atoms with Crippen LogP contribution in [0.2, 0.25) is 0 Å². The average Bonchev–Trinajstić information content (AvgIpc) is 3.16. The number of nitrogens with zero attached hydrogens (tertiary/aromatic N) is 5. The molecule has 1 fully saturated rings. The molecule has 7 nitrogen and oxygen atoms in total. The number of guanidine groups is 1. The second kappa shape index (κ2) is 12.1. The molecule has 0 amide bonds. The average molecular weight is 543 g/mol. The molecule has 3 rings (SSSR count). The van der Waals surface area contributed by atoms with Gasteiger partial charge in [0.2, 0.25) is 0 Å². The molecule has 2 aliphatic heterocycles. The van der Waals surface area contributed by atoms with E-state index in [2.05, 4.69) is 30.4 Å². The van der Waals surface area contributed by atoms with Crippen LogP contribution in [0.3, 0.4) is 0 Å². The fourth-order valence-electron chi connectivity index (χ4n) is 4.02. The fraction of sp³-hybridized carbons (Fsp3) is 0.842. The van der Waals surface area contributed by atoms with Gasteiger partial charge in [-0.3, -0.25) is 9.89 Å². The first kappa shape index (κ1) is 25.2. The van der Waals surface area contributed by atoms with Crippen LogP contribution in [0, 0.1) is 0 Å². The molecule has 0 saturated carbocycles. The highest BCUT2D eigenvalue weighted by Crippen LogP contribution is 2.20. The van der Waals surface area contributed by atoms with Crippen molar-refractivity contribution in [2.24, 2.45) is 4.99 Å². The molecule has 0 bridgehead atoms. The number of rotatable bonds is 7. The normalized spacial score (nSPS) is 20.4. The van der Waals surface area contributed by atoms with E-state index in [0.29, 0.717) is 38.6 Å². The molecule has 2 N–H and O–H groups in total. The van der Waals surface area contributed by atoms with Crippen LogP contribution in [-0.2, 0) is 19.4 Å². The lowest BCUT2D eigenvalue weighted by molar-refractivity contribution is -0.143. The van der Waals surface area contributed by atoms with Gasteiger partial charge in [0, 0.05) is 51.6 Å². The van der Waals surface area contributed by atoms with E-state index >= 15 is 0 Å². The number of hydrogen-bond acceptors (Lipinski definition) is 4. The number of aryl methyl sites for hydroxylation is 2. The molecule has 1 atom stereocenters. The molecule has 11 heteroatoms. The molecule has 3 heterocycles. The molecular formula is C19H33F3IN7. The van der Waals surface area contributed by atoms with E-state index in [4.69, 9.17) is 0 Å². The van der Waals surface area contributed by atoms with Gasteiger partial charge in [0.25, 0.3) is 0 Å². The van der Waals surface area contributed by atoms with Crippen molar-refractivity contribution >= 4 is 29.9 Å². The molecule has 1 aromatic rings. The Morgan fingerprint density at radius 1 is 1.20 bits per heavy atom. The summed E-state index contributed by atoms with van der Waals surface area (Å²) >= 11 is 0. The Balaban J connectivity index is 0.00000320. The molecule has 1 aromatic heterocycles. The summed E-state index contributed by atoms with van der Waals surface area (Å²) in [6, 6.07) is -0.0117. The van der Waals surface area contributed by atoms with E-state index in [9.17, 15) is 13.2 Å². The van der Waals surface area contributed by atoms with Gasteiger partial charge < -0.3 is 15.2 Å². The maximum atomic E-state index is 12.6. The minimum absolute atomic E-state index is 0. The highest BCUT2D eigenvalue weighted by atomic mass is 127. The number of hydrogen-bond donors (Lipinski definition) is 2.